The molecule has 0 spiro atoms. The van der Waals surface area contributed by atoms with Crippen molar-refractivity contribution in [2.45, 2.75) is 44.6 Å². The molecule has 2 rings (SSSR count). The maximum atomic E-state index is 5.69. The van der Waals surface area contributed by atoms with Crippen LogP contribution in [0.2, 0.25) is 0 Å². The summed E-state index contributed by atoms with van der Waals surface area (Å²) in [4.78, 5) is 0. The summed E-state index contributed by atoms with van der Waals surface area (Å²) >= 11 is 0. The van der Waals surface area contributed by atoms with Crippen molar-refractivity contribution in [2.75, 3.05) is 7.11 Å². The molecule has 1 aromatic carbocycles. The number of methoxy groups -OCH3 is 1. The fraction of sp³-hybridized carbons (Fsp3) is 0.600. The maximum Gasteiger partial charge on any atom is 0.119 e. The second-order valence-corrected chi connectivity index (χ2v) is 5.31. The average Bonchev–Trinajstić information content (AvgIpc) is 2.91. The molecule has 0 aromatic heterocycles. The first kappa shape index (κ1) is 13.4. The fourth-order valence-electron chi connectivity index (χ4n) is 2.94. The molecule has 0 saturated heterocycles. The second kappa shape index (κ2) is 6.76. The van der Waals surface area contributed by atoms with E-state index in [4.69, 9.17) is 10.6 Å². The van der Waals surface area contributed by atoms with Gasteiger partial charge < -0.3 is 4.74 Å². The van der Waals surface area contributed by atoms with Gasteiger partial charge in [-0.05, 0) is 36.5 Å². The highest BCUT2D eigenvalue weighted by molar-refractivity contribution is 5.28. The fourth-order valence-corrected chi connectivity index (χ4v) is 2.94. The summed E-state index contributed by atoms with van der Waals surface area (Å²) in [6.07, 6.45) is 7.69. The number of hydrazine groups is 1. The molecule has 0 aliphatic heterocycles. The molecule has 3 nitrogen and oxygen atoms in total. The molecule has 0 heterocycles. The predicted molar refractivity (Wildman–Crippen MR) is 74.4 cm³/mol. The lowest BCUT2D eigenvalue weighted by molar-refractivity contribution is 0.388. The van der Waals surface area contributed by atoms with Crippen LogP contribution in [0, 0.1) is 5.92 Å². The molecule has 3 N–H and O–H groups in total. The summed E-state index contributed by atoms with van der Waals surface area (Å²) in [5.41, 5.74) is 4.26. The number of nitrogens with two attached hydrogens (primary N) is 1. The van der Waals surface area contributed by atoms with E-state index in [0.717, 1.165) is 18.1 Å². The molecule has 1 aliphatic rings. The monoisotopic (exact) mass is 248 g/mol. The van der Waals surface area contributed by atoms with Gasteiger partial charge >= 0.3 is 0 Å². The van der Waals surface area contributed by atoms with Gasteiger partial charge in [-0.1, -0.05) is 37.8 Å². The first-order chi connectivity index (χ1) is 8.81. The molecule has 18 heavy (non-hydrogen) atoms. The van der Waals surface area contributed by atoms with Gasteiger partial charge in [-0.25, -0.2) is 0 Å². The Balaban J connectivity index is 1.91. The standard InChI is InChI=1S/C15H24N2O/c1-18-15-8-4-7-13(11-15)10-14(17-16)9-12-5-2-3-6-12/h4,7-8,11-12,14,17H,2-3,5-6,9-10,16H2,1H3. The molecule has 0 amide bonds. The zero-order chi connectivity index (χ0) is 12.8. The van der Waals surface area contributed by atoms with Gasteiger partial charge in [0.15, 0.2) is 0 Å². The Morgan fingerprint density at radius 3 is 2.83 bits per heavy atom. The van der Waals surface area contributed by atoms with Crippen LogP contribution in [0.5, 0.6) is 5.75 Å². The SMILES string of the molecule is COc1cccc(CC(CC2CCCC2)NN)c1. The molecule has 1 unspecified atom stereocenters. The van der Waals surface area contributed by atoms with E-state index in [0.29, 0.717) is 6.04 Å². The van der Waals surface area contributed by atoms with Crippen molar-refractivity contribution < 1.29 is 4.74 Å². The van der Waals surface area contributed by atoms with Gasteiger partial charge in [0.25, 0.3) is 0 Å². The van der Waals surface area contributed by atoms with Gasteiger partial charge in [0.2, 0.25) is 0 Å². The summed E-state index contributed by atoms with van der Waals surface area (Å²) in [6.45, 7) is 0. The Hall–Kier alpha value is -1.06. The Morgan fingerprint density at radius 1 is 1.39 bits per heavy atom. The van der Waals surface area contributed by atoms with Crippen molar-refractivity contribution in [1.82, 2.24) is 5.43 Å². The largest absolute Gasteiger partial charge is 0.497 e. The van der Waals surface area contributed by atoms with Crippen LogP contribution in [0.3, 0.4) is 0 Å². The Bertz CT molecular complexity index is 361. The number of rotatable bonds is 6. The van der Waals surface area contributed by atoms with E-state index in [-0.39, 0.29) is 0 Å². The van der Waals surface area contributed by atoms with E-state index in [1.165, 1.54) is 37.7 Å². The van der Waals surface area contributed by atoms with Gasteiger partial charge in [0, 0.05) is 6.04 Å². The summed E-state index contributed by atoms with van der Waals surface area (Å²) in [5.74, 6) is 7.47. The van der Waals surface area contributed by atoms with Crippen molar-refractivity contribution in [1.29, 1.82) is 0 Å². The van der Waals surface area contributed by atoms with E-state index < -0.39 is 0 Å². The van der Waals surface area contributed by atoms with Crippen LogP contribution in [0.1, 0.15) is 37.7 Å². The summed E-state index contributed by atoms with van der Waals surface area (Å²) in [5, 5.41) is 0. The lowest BCUT2D eigenvalue weighted by Crippen LogP contribution is -2.38. The van der Waals surface area contributed by atoms with Crippen LogP contribution < -0.4 is 16.0 Å². The van der Waals surface area contributed by atoms with Gasteiger partial charge in [0.05, 0.1) is 7.11 Å². The highest BCUT2D eigenvalue weighted by atomic mass is 16.5. The van der Waals surface area contributed by atoms with Crippen LogP contribution >= 0.6 is 0 Å². The normalized spacial score (nSPS) is 17.9. The molecular weight excluding hydrogens is 224 g/mol. The molecular formula is C15H24N2O. The Labute approximate surface area is 110 Å². The van der Waals surface area contributed by atoms with Gasteiger partial charge in [-0.15, -0.1) is 0 Å². The molecule has 1 fully saturated rings. The van der Waals surface area contributed by atoms with Crippen LogP contribution in [-0.2, 0) is 6.42 Å². The quantitative estimate of drug-likeness (QED) is 0.601. The van der Waals surface area contributed by atoms with E-state index in [2.05, 4.69) is 17.6 Å². The van der Waals surface area contributed by atoms with Gasteiger partial charge in [0.1, 0.15) is 5.75 Å². The van der Waals surface area contributed by atoms with Crippen LogP contribution in [0.4, 0.5) is 0 Å². The molecule has 3 heteroatoms. The zero-order valence-electron chi connectivity index (χ0n) is 11.2. The van der Waals surface area contributed by atoms with Crippen molar-refractivity contribution in [3.63, 3.8) is 0 Å². The first-order valence-corrected chi connectivity index (χ1v) is 6.91. The van der Waals surface area contributed by atoms with Gasteiger partial charge in [-0.2, -0.15) is 0 Å². The third-order valence-electron chi connectivity index (χ3n) is 3.94. The average molecular weight is 248 g/mol. The topological polar surface area (TPSA) is 47.3 Å². The number of hydrogen-bond donors (Lipinski definition) is 2. The number of benzene rings is 1. The predicted octanol–water partition coefficient (Wildman–Crippen LogP) is 2.65. The van der Waals surface area contributed by atoms with E-state index in [1.54, 1.807) is 7.11 Å². The minimum atomic E-state index is 0.375. The van der Waals surface area contributed by atoms with Crippen molar-refractivity contribution >= 4 is 0 Å². The highest BCUT2D eigenvalue weighted by Crippen LogP contribution is 2.29. The lowest BCUT2D eigenvalue weighted by atomic mass is 9.94. The molecule has 1 aliphatic carbocycles. The molecule has 100 valence electrons. The summed E-state index contributed by atoms with van der Waals surface area (Å²) in [6, 6.07) is 8.63. The second-order valence-electron chi connectivity index (χ2n) is 5.31. The number of ether oxygens (including phenoxy) is 1. The number of nitrogens with one attached hydrogen (secondary N) is 1. The van der Waals surface area contributed by atoms with Crippen molar-refractivity contribution in [2.24, 2.45) is 11.8 Å². The smallest absolute Gasteiger partial charge is 0.119 e. The Morgan fingerprint density at radius 2 is 2.17 bits per heavy atom. The lowest BCUT2D eigenvalue weighted by Gasteiger charge is -2.20. The van der Waals surface area contributed by atoms with Crippen LogP contribution in [-0.4, -0.2) is 13.2 Å². The summed E-state index contributed by atoms with van der Waals surface area (Å²) in [7, 11) is 1.70. The van der Waals surface area contributed by atoms with E-state index in [1.807, 2.05) is 12.1 Å². The molecule has 0 radical (unpaired) electrons. The van der Waals surface area contributed by atoms with E-state index in [9.17, 15) is 0 Å². The van der Waals surface area contributed by atoms with Crippen molar-refractivity contribution in [3.05, 3.63) is 29.8 Å². The maximum absolute atomic E-state index is 5.69. The highest BCUT2D eigenvalue weighted by Gasteiger charge is 2.19. The van der Waals surface area contributed by atoms with Crippen molar-refractivity contribution in [3.8, 4) is 5.75 Å². The molecule has 0 bridgehead atoms. The van der Waals surface area contributed by atoms with Crippen LogP contribution in [0.15, 0.2) is 24.3 Å². The third-order valence-corrected chi connectivity index (χ3v) is 3.94. The minimum absolute atomic E-state index is 0.375. The first-order valence-electron chi connectivity index (χ1n) is 6.91. The minimum Gasteiger partial charge on any atom is -0.497 e. The Kier molecular flexibility index (Phi) is 5.02. The van der Waals surface area contributed by atoms with Gasteiger partial charge in [-0.3, -0.25) is 11.3 Å². The number of hydrogen-bond acceptors (Lipinski definition) is 3. The molecule has 1 atom stereocenters. The molecule has 1 saturated carbocycles. The zero-order valence-corrected chi connectivity index (χ0v) is 11.2. The summed E-state index contributed by atoms with van der Waals surface area (Å²) < 4.78 is 5.25. The van der Waals surface area contributed by atoms with E-state index >= 15 is 0 Å². The third kappa shape index (κ3) is 3.72. The molecule has 1 aromatic rings. The van der Waals surface area contributed by atoms with Crippen LogP contribution in [0.25, 0.3) is 0 Å².